The fourth-order valence-electron chi connectivity index (χ4n) is 17.9. The summed E-state index contributed by atoms with van der Waals surface area (Å²) in [5, 5.41) is 39.0. The van der Waals surface area contributed by atoms with E-state index in [9.17, 15) is 96.4 Å². The molecule has 34 heteroatoms. The van der Waals surface area contributed by atoms with Crippen molar-refractivity contribution in [1.29, 1.82) is 0 Å². The van der Waals surface area contributed by atoms with Crippen LogP contribution in [0.15, 0.2) is 231 Å². The highest BCUT2D eigenvalue weighted by Gasteiger charge is 2.48. The van der Waals surface area contributed by atoms with Crippen LogP contribution in [0.5, 0.6) is 11.5 Å². The van der Waals surface area contributed by atoms with Gasteiger partial charge in [-0.25, -0.2) is 19.2 Å². The summed E-state index contributed by atoms with van der Waals surface area (Å²) < 4.78 is 86.9. The van der Waals surface area contributed by atoms with E-state index < -0.39 is 150 Å². The van der Waals surface area contributed by atoms with E-state index in [4.69, 9.17) is 28.0 Å². The van der Waals surface area contributed by atoms with Crippen LogP contribution in [0.25, 0.3) is 0 Å². The first-order valence-corrected chi connectivity index (χ1v) is 57.0. The van der Waals surface area contributed by atoms with Crippen LogP contribution in [0.2, 0.25) is 0 Å². The Morgan fingerprint density at radius 1 is 0.317 bits per heavy atom. The monoisotopic (exact) mass is 2030 g/mol. The summed E-state index contributed by atoms with van der Waals surface area (Å²) in [5.41, 5.74) is 8.42. The van der Waals surface area contributed by atoms with Crippen LogP contribution in [0, 0.1) is 11.8 Å². The number of carboxylic acids is 4. The van der Waals surface area contributed by atoms with Crippen LogP contribution in [0.3, 0.4) is 0 Å². The van der Waals surface area contributed by atoms with Crippen LogP contribution >= 0.6 is 29.5 Å². The van der Waals surface area contributed by atoms with Gasteiger partial charge in [-0.2, -0.15) is 0 Å². The first-order valence-electron chi connectivity index (χ1n) is 49.0. The molecule has 14 atom stereocenters. The molecule has 0 aliphatic carbocycles. The molecule has 4 fully saturated rings. The molecule has 4 unspecified atom stereocenters. The summed E-state index contributed by atoms with van der Waals surface area (Å²) in [7, 11) is -11.5. The summed E-state index contributed by atoms with van der Waals surface area (Å²) >= 11 is 0. The number of benzene rings is 8. The smallest absolute Gasteiger partial charge is 0.326 e. The zero-order chi connectivity index (χ0) is 103. The Morgan fingerprint density at radius 3 is 0.768 bits per heavy atom. The number of amides is 4. The number of methoxy groups -OCH3 is 2. The van der Waals surface area contributed by atoms with E-state index in [2.05, 4.69) is 0 Å². The van der Waals surface area contributed by atoms with Gasteiger partial charge in [-0.05, 0) is 172 Å². The lowest BCUT2D eigenvalue weighted by atomic mass is 9.96. The number of carbonyl (C=O) groups is 10. The first-order chi connectivity index (χ1) is 67.8. The van der Waals surface area contributed by atoms with Gasteiger partial charge in [0.15, 0.2) is 0 Å². The van der Waals surface area contributed by atoms with Crippen molar-refractivity contribution in [3.05, 3.63) is 275 Å². The highest BCUT2D eigenvalue weighted by molar-refractivity contribution is 7.60. The van der Waals surface area contributed by atoms with Gasteiger partial charge in [0.1, 0.15) is 60.3 Å². The number of aryl methyl sites for hydroxylation is 4. The number of carboxylic acid groups (broad SMARTS) is 4. The van der Waals surface area contributed by atoms with E-state index in [1.165, 1.54) is 30.7 Å². The van der Waals surface area contributed by atoms with Crippen molar-refractivity contribution >= 4 is 88.9 Å². The molecule has 30 nitrogen and oxygen atoms in total. The minimum absolute atomic E-state index is 0.0546. The first kappa shape index (κ1) is 114. The fourth-order valence-corrected chi connectivity index (χ4v) is 25.5. The molecule has 6 N–H and O–H groups in total. The Kier molecular flexibility index (Phi) is 45.7. The van der Waals surface area contributed by atoms with Gasteiger partial charge >= 0.3 is 35.8 Å². The number of hydrogen-bond acceptors (Lipinski definition) is 20. The predicted molar refractivity (Wildman–Crippen MR) is 544 cm³/mol. The van der Waals surface area contributed by atoms with E-state index in [-0.39, 0.29) is 118 Å². The topological polar surface area (TPSA) is 429 Å². The van der Waals surface area contributed by atoms with E-state index in [1.807, 2.05) is 206 Å². The quantitative estimate of drug-likeness (QED) is 0.00892. The maximum atomic E-state index is 14.3. The lowest BCUT2D eigenvalue weighted by Gasteiger charge is -2.29. The fraction of sp³-hybridized carbons (Fsp3) is 0.463. The van der Waals surface area contributed by atoms with Crippen LogP contribution in [-0.2, 0) is 110 Å². The molecule has 0 saturated carbocycles. The number of unbranched alkanes of at least 4 members (excludes halogenated alkanes) is 4. The molecule has 0 spiro atoms. The second-order valence-corrected chi connectivity index (χ2v) is 47.6. The average molecular weight is 2030 g/mol. The summed E-state index contributed by atoms with van der Waals surface area (Å²) in [6.45, 7) is 11.4. The number of nitrogens with zero attached hydrogens (tertiary/aromatic N) is 4. The van der Waals surface area contributed by atoms with Crippen LogP contribution in [0.4, 0.5) is 0 Å². The van der Waals surface area contributed by atoms with Crippen LogP contribution in [0.1, 0.15) is 200 Å². The van der Waals surface area contributed by atoms with Crippen molar-refractivity contribution < 1.29 is 124 Å². The molecule has 4 saturated heterocycles. The Hall–Kier alpha value is -11.2. The molecule has 8 aromatic rings. The summed E-state index contributed by atoms with van der Waals surface area (Å²) in [4.78, 5) is 150. The van der Waals surface area contributed by atoms with Gasteiger partial charge < -0.3 is 68.8 Å². The minimum Gasteiger partial charge on any atom is -0.497 e. The van der Waals surface area contributed by atoms with Gasteiger partial charge in [0.05, 0.1) is 14.2 Å². The zero-order valence-corrected chi connectivity index (χ0v) is 86.1. The molecule has 0 radical (unpaired) electrons. The van der Waals surface area contributed by atoms with Gasteiger partial charge in [-0.3, -0.25) is 56.1 Å². The van der Waals surface area contributed by atoms with Crippen molar-refractivity contribution in [2.24, 2.45) is 11.8 Å². The SMILES string of the molecule is CCC(=O)O[C@H](OP(=O)(CCCCc1ccccc1)CC(=O)N1C[C@H](c2ccc(OC)cc2)C[C@H]1C(=O)O)C(C)C.CCC(=O)O[C@H](OP(=O)(CCCCc1ccccc1)CC(=O)N1C[C@H](c2ccccc2)C[C@H]1C(=O)O)C(C)C.COc1ccc([C@@H]2C[C@@H](C(=O)O)N(C(=O)CP(=O)(O)CCCCc3ccccc3)C2)cc1.O=C(O)[C@@H]1C[C@@H](c2ccccc2)CN1C(=O)CP(=O)(O)CCCCc1ccccc1. The highest BCUT2D eigenvalue weighted by Crippen LogP contribution is 2.54. The number of aliphatic carboxylic acids is 4. The Labute approximate surface area is 833 Å². The van der Waals surface area contributed by atoms with Crippen LogP contribution < -0.4 is 9.47 Å². The van der Waals surface area contributed by atoms with Crippen molar-refractivity contribution in [3.63, 3.8) is 0 Å². The van der Waals surface area contributed by atoms with Gasteiger partial charge in [0.25, 0.3) is 0 Å². The molecule has 4 amide bonds. The molecule has 0 aromatic heterocycles. The third kappa shape index (κ3) is 36.9. The van der Waals surface area contributed by atoms with Gasteiger partial charge in [-0.15, -0.1) is 0 Å². The number of hydrogen-bond donors (Lipinski definition) is 6. The lowest BCUT2D eigenvalue weighted by Crippen LogP contribution is -2.42. The maximum absolute atomic E-state index is 14.3. The molecule has 768 valence electrons. The van der Waals surface area contributed by atoms with E-state index in [0.29, 0.717) is 43.6 Å². The largest absolute Gasteiger partial charge is 0.497 e. The Morgan fingerprint density at radius 2 is 0.542 bits per heavy atom. The van der Waals surface area contributed by atoms with Crippen molar-refractivity contribution in [3.8, 4) is 11.5 Å². The number of esters is 2. The Balaban J connectivity index is 0.000000213. The molecular formula is C108H140N4O26P4. The third-order valence-corrected chi connectivity index (χ3v) is 34.1. The third-order valence-electron chi connectivity index (χ3n) is 25.9. The molecule has 8 aromatic carbocycles. The standard InChI is InChI=1S/C31H42NO8P.C30H40NO7P.C24H30NO6P.C23H28NO5P/c1-5-29(34)39-31(22(2)3)40-41(37,18-10-9-13-23-11-7-6-8-12-23)21-28(33)32-20-25(19-27(32)30(35)36)24-14-16-26(38-4)17-15-24;1-4-28(33)37-30(22(2)3)38-39(36,18-12-11-15-23-13-7-5-8-14-23)21-27(32)31-20-25(19-26(31)29(34)35)24-16-9-6-10-17-24;1-31-21-12-10-19(11-13-21)20-15-22(24(27)28)25(16-20)23(26)17-32(29,30)14-6-5-9-18-7-3-2-4-8-18;25-22(17-30(28,29)14-8-7-11-18-9-3-1-4-10-18)24-16-20(15-21(24)23(26)27)19-12-5-2-6-13-19/h6-8,11-12,14-17,22,25,27,31H,5,9-10,13,18-21H2,1-4H3,(H,35,36);5-10,13-14,16-17,22,25-26,30H,4,11-12,15,18-21H2,1-3H3,(H,34,35);2-4,7-8,10-13,20,22H,5-6,9,14-17H2,1H3,(H,27,28)(H,29,30);1-6,9-10,12-13,20-21H,7-8,11,14-17H2,(H,26,27)(H,28,29)/t25-,27+,31-,41?;25-,26+,30-,39?;20-,22+;20-,21+/m1111/s1. The summed E-state index contributed by atoms with van der Waals surface area (Å²) in [5.74, 6) is -7.23. The predicted octanol–water partition coefficient (Wildman–Crippen LogP) is 18.9. The van der Waals surface area contributed by atoms with Crippen LogP contribution in [-0.4, -0.2) is 236 Å². The van der Waals surface area contributed by atoms with Gasteiger partial charge in [-0.1, -0.05) is 248 Å². The molecule has 4 heterocycles. The average Bonchev–Trinajstić information content (AvgIpc) is 1.66. The van der Waals surface area contributed by atoms with E-state index in [0.717, 1.165) is 84.7 Å². The molecule has 12 rings (SSSR count). The zero-order valence-electron chi connectivity index (χ0n) is 82.5. The van der Waals surface area contributed by atoms with Crippen molar-refractivity contribution in [2.75, 3.05) is 89.7 Å². The van der Waals surface area contributed by atoms with Crippen molar-refractivity contribution in [2.45, 2.75) is 218 Å². The highest BCUT2D eigenvalue weighted by atomic mass is 31.2. The minimum atomic E-state index is -3.68. The molecule has 4 aliphatic heterocycles. The molecular weight excluding hydrogens is 1890 g/mol. The van der Waals surface area contributed by atoms with Gasteiger partial charge in [0.2, 0.25) is 65.7 Å². The molecule has 4 aliphatic rings. The Bertz CT molecular complexity index is 5560. The maximum Gasteiger partial charge on any atom is 0.326 e. The number of ether oxygens (including phenoxy) is 4. The summed E-state index contributed by atoms with van der Waals surface area (Å²) in [6, 6.07) is 69.3. The normalized spacial score (nSPS) is 19.7. The number of carbonyl (C=O) groups excluding carboxylic acids is 6. The number of likely N-dealkylation sites (tertiary alicyclic amines) is 4. The molecule has 0 bridgehead atoms. The second-order valence-electron chi connectivity index (χ2n) is 37.4. The van der Waals surface area contributed by atoms with Gasteiger partial charge in [0, 0.05) is 99.2 Å². The second kappa shape index (κ2) is 56.8. The lowest BCUT2D eigenvalue weighted by molar-refractivity contribution is -0.170. The van der Waals surface area contributed by atoms with E-state index >= 15 is 0 Å². The molecule has 142 heavy (non-hydrogen) atoms. The number of rotatable bonds is 48. The van der Waals surface area contributed by atoms with Crippen molar-refractivity contribution in [1.82, 2.24) is 19.6 Å². The summed E-state index contributed by atoms with van der Waals surface area (Å²) in [6.07, 6.45) is 6.09. The van der Waals surface area contributed by atoms with E-state index in [1.54, 1.807) is 80.0 Å².